The summed E-state index contributed by atoms with van der Waals surface area (Å²) in [5.74, 6) is 0.930. The Balaban J connectivity index is 1.20. The average molecular weight is 407 g/mol. The quantitative estimate of drug-likeness (QED) is 0.709. The Kier molecular flexibility index (Phi) is 4.75. The van der Waals surface area contributed by atoms with E-state index in [1.165, 1.54) is 11.8 Å². The third-order valence-electron chi connectivity index (χ3n) is 5.57. The number of piperidine rings is 1. The lowest BCUT2D eigenvalue weighted by molar-refractivity contribution is -0.133. The van der Waals surface area contributed by atoms with Crippen LogP contribution in [0.15, 0.2) is 57.8 Å². The van der Waals surface area contributed by atoms with E-state index < -0.39 is 0 Å². The largest absolute Gasteiger partial charge is 0.440 e. The summed E-state index contributed by atoms with van der Waals surface area (Å²) >= 11 is 1.47. The van der Waals surface area contributed by atoms with Gasteiger partial charge in [-0.25, -0.2) is 4.98 Å². The van der Waals surface area contributed by atoms with Crippen LogP contribution in [0.1, 0.15) is 31.1 Å². The first kappa shape index (κ1) is 18.2. The van der Waals surface area contributed by atoms with E-state index in [-0.39, 0.29) is 29.4 Å². The zero-order chi connectivity index (χ0) is 19.8. The van der Waals surface area contributed by atoms with E-state index in [9.17, 15) is 9.59 Å². The molecule has 2 aliphatic rings. The van der Waals surface area contributed by atoms with Crippen LogP contribution in [0.4, 0.5) is 5.69 Å². The number of likely N-dealkylation sites (tertiary alicyclic amines) is 1. The number of fused-ring (bicyclic) bond motifs is 2. The molecule has 6 nitrogen and oxygen atoms in total. The standard InChI is InChI=1S/C22H21N3O3S/c26-20(13-19-21(27)23-16-6-2-4-8-18(16)29-19)25-11-9-14(10-12-25)22-24-15-5-1-3-7-17(15)28-22/h1-8,14,19H,9-13H2,(H,23,27). The van der Waals surface area contributed by atoms with E-state index in [1.54, 1.807) is 0 Å². The van der Waals surface area contributed by atoms with Crippen molar-refractivity contribution in [2.24, 2.45) is 0 Å². The summed E-state index contributed by atoms with van der Waals surface area (Å²) in [6.07, 6.45) is 1.87. The van der Waals surface area contributed by atoms with Crippen LogP contribution < -0.4 is 5.32 Å². The molecule has 5 rings (SSSR count). The summed E-state index contributed by atoms with van der Waals surface area (Å²) in [7, 11) is 0. The van der Waals surface area contributed by atoms with Crippen LogP contribution in [0.3, 0.4) is 0 Å². The van der Waals surface area contributed by atoms with Gasteiger partial charge in [-0.3, -0.25) is 9.59 Å². The van der Waals surface area contributed by atoms with Gasteiger partial charge in [0.2, 0.25) is 11.8 Å². The summed E-state index contributed by atoms with van der Waals surface area (Å²) in [5.41, 5.74) is 2.51. The Bertz CT molecular complexity index is 1040. The Hall–Kier alpha value is -2.80. The predicted octanol–water partition coefficient (Wildman–Crippen LogP) is 4.04. The summed E-state index contributed by atoms with van der Waals surface area (Å²) < 4.78 is 5.90. The number of carbonyl (C=O) groups excluding carboxylic acids is 2. The second-order valence-corrected chi connectivity index (χ2v) is 8.72. The Morgan fingerprint density at radius 2 is 1.90 bits per heavy atom. The van der Waals surface area contributed by atoms with Crippen molar-refractivity contribution in [2.75, 3.05) is 18.4 Å². The molecule has 1 unspecified atom stereocenters. The highest BCUT2D eigenvalue weighted by Gasteiger charge is 2.32. The normalized spacial score (nSPS) is 19.8. The number of oxazole rings is 1. The maximum Gasteiger partial charge on any atom is 0.238 e. The molecule has 29 heavy (non-hydrogen) atoms. The minimum Gasteiger partial charge on any atom is -0.440 e. The lowest BCUT2D eigenvalue weighted by atomic mass is 9.96. The molecular formula is C22H21N3O3S. The van der Waals surface area contributed by atoms with Crippen LogP contribution in [-0.4, -0.2) is 40.0 Å². The Morgan fingerprint density at radius 1 is 1.14 bits per heavy atom. The molecule has 0 aliphatic carbocycles. The zero-order valence-electron chi connectivity index (χ0n) is 15.8. The number of benzene rings is 2. The number of amides is 2. The third kappa shape index (κ3) is 3.62. The predicted molar refractivity (Wildman–Crippen MR) is 112 cm³/mol. The fraction of sp³-hybridized carbons (Fsp3) is 0.318. The molecule has 1 atom stereocenters. The smallest absolute Gasteiger partial charge is 0.238 e. The zero-order valence-corrected chi connectivity index (χ0v) is 16.7. The first-order valence-electron chi connectivity index (χ1n) is 9.87. The topological polar surface area (TPSA) is 75.4 Å². The Morgan fingerprint density at radius 3 is 2.72 bits per heavy atom. The van der Waals surface area contributed by atoms with Crippen molar-refractivity contribution in [3.63, 3.8) is 0 Å². The molecule has 1 saturated heterocycles. The molecule has 3 heterocycles. The van der Waals surface area contributed by atoms with Crippen LogP contribution in [0.2, 0.25) is 0 Å². The molecule has 2 amide bonds. The van der Waals surface area contributed by atoms with Gasteiger partial charge in [-0.05, 0) is 37.1 Å². The minimum absolute atomic E-state index is 0.0352. The summed E-state index contributed by atoms with van der Waals surface area (Å²) in [6.45, 7) is 1.33. The number of nitrogens with one attached hydrogen (secondary N) is 1. The van der Waals surface area contributed by atoms with Gasteiger partial charge in [0, 0.05) is 30.3 Å². The maximum absolute atomic E-state index is 12.8. The second-order valence-electron chi connectivity index (χ2n) is 7.47. The summed E-state index contributed by atoms with van der Waals surface area (Å²) in [4.78, 5) is 32.7. The van der Waals surface area contributed by atoms with Gasteiger partial charge in [0.05, 0.1) is 10.9 Å². The molecule has 0 radical (unpaired) electrons. The highest BCUT2D eigenvalue weighted by atomic mass is 32.2. The molecule has 0 saturated carbocycles. The number of carbonyl (C=O) groups is 2. The molecule has 7 heteroatoms. The van der Waals surface area contributed by atoms with Gasteiger partial charge in [-0.2, -0.15) is 0 Å². The first-order valence-corrected chi connectivity index (χ1v) is 10.7. The molecule has 2 aliphatic heterocycles. The van der Waals surface area contributed by atoms with Crippen molar-refractivity contribution in [3.8, 4) is 0 Å². The molecule has 1 aromatic heterocycles. The van der Waals surface area contributed by atoms with Crippen molar-refractivity contribution < 1.29 is 14.0 Å². The second kappa shape index (κ2) is 7.55. The first-order chi connectivity index (χ1) is 14.2. The lowest BCUT2D eigenvalue weighted by Gasteiger charge is -2.32. The van der Waals surface area contributed by atoms with Crippen LogP contribution >= 0.6 is 11.8 Å². The molecule has 2 aromatic carbocycles. The third-order valence-corrected chi connectivity index (χ3v) is 6.85. The maximum atomic E-state index is 12.8. The van der Waals surface area contributed by atoms with E-state index in [1.807, 2.05) is 53.4 Å². The van der Waals surface area contributed by atoms with Gasteiger partial charge in [-0.15, -0.1) is 11.8 Å². The highest BCUT2D eigenvalue weighted by Crippen LogP contribution is 2.37. The van der Waals surface area contributed by atoms with Crippen molar-refractivity contribution in [2.45, 2.75) is 35.3 Å². The van der Waals surface area contributed by atoms with Gasteiger partial charge in [0.1, 0.15) is 5.52 Å². The number of aromatic nitrogens is 1. The van der Waals surface area contributed by atoms with Gasteiger partial charge >= 0.3 is 0 Å². The van der Waals surface area contributed by atoms with Gasteiger partial charge < -0.3 is 14.6 Å². The van der Waals surface area contributed by atoms with Crippen molar-refractivity contribution in [3.05, 3.63) is 54.4 Å². The SMILES string of the molecule is O=C1Nc2ccccc2SC1CC(=O)N1CCC(c2nc3ccccc3o2)CC1. The van der Waals surface area contributed by atoms with Gasteiger partial charge in [-0.1, -0.05) is 24.3 Å². The monoisotopic (exact) mass is 407 g/mol. The van der Waals surface area contributed by atoms with E-state index >= 15 is 0 Å². The number of anilines is 1. The van der Waals surface area contributed by atoms with Crippen LogP contribution in [0, 0.1) is 0 Å². The van der Waals surface area contributed by atoms with E-state index in [4.69, 9.17) is 4.42 Å². The van der Waals surface area contributed by atoms with Crippen molar-refractivity contribution in [1.82, 2.24) is 9.88 Å². The number of para-hydroxylation sites is 3. The molecule has 1 N–H and O–H groups in total. The number of hydrogen-bond acceptors (Lipinski definition) is 5. The fourth-order valence-corrected chi connectivity index (χ4v) is 5.06. The Labute approximate surface area is 172 Å². The number of nitrogens with zero attached hydrogens (tertiary/aromatic N) is 2. The minimum atomic E-state index is -0.382. The molecule has 0 spiro atoms. The van der Waals surface area contributed by atoms with E-state index in [0.717, 1.165) is 40.4 Å². The van der Waals surface area contributed by atoms with Crippen molar-refractivity contribution >= 4 is 40.4 Å². The van der Waals surface area contributed by atoms with Crippen LogP contribution in [0.5, 0.6) is 0 Å². The molecular weight excluding hydrogens is 386 g/mol. The lowest BCUT2D eigenvalue weighted by Crippen LogP contribution is -2.41. The number of thioether (sulfide) groups is 1. The number of hydrogen-bond donors (Lipinski definition) is 1. The van der Waals surface area contributed by atoms with E-state index in [2.05, 4.69) is 10.3 Å². The van der Waals surface area contributed by atoms with Crippen LogP contribution in [-0.2, 0) is 9.59 Å². The molecule has 3 aromatic rings. The fourth-order valence-electron chi connectivity index (χ4n) is 3.96. The molecule has 1 fully saturated rings. The van der Waals surface area contributed by atoms with Crippen LogP contribution in [0.25, 0.3) is 11.1 Å². The highest BCUT2D eigenvalue weighted by molar-refractivity contribution is 8.01. The van der Waals surface area contributed by atoms with Gasteiger partial charge in [0.25, 0.3) is 0 Å². The molecule has 148 valence electrons. The molecule has 0 bridgehead atoms. The van der Waals surface area contributed by atoms with Crippen molar-refractivity contribution in [1.29, 1.82) is 0 Å². The van der Waals surface area contributed by atoms with Gasteiger partial charge in [0.15, 0.2) is 11.5 Å². The van der Waals surface area contributed by atoms with E-state index in [0.29, 0.717) is 13.1 Å². The summed E-state index contributed by atoms with van der Waals surface area (Å²) in [5, 5.41) is 2.53. The summed E-state index contributed by atoms with van der Waals surface area (Å²) in [6, 6.07) is 15.5. The average Bonchev–Trinajstić information content (AvgIpc) is 3.19. The number of rotatable bonds is 3.